The summed E-state index contributed by atoms with van der Waals surface area (Å²) >= 11 is 5.84. The molecule has 1 atom stereocenters. The van der Waals surface area contributed by atoms with Crippen LogP contribution in [0.4, 0.5) is 10.1 Å². The molecule has 0 spiro atoms. The molecule has 0 saturated carbocycles. The molecule has 0 heterocycles. The van der Waals surface area contributed by atoms with E-state index < -0.39 is 17.9 Å². The zero-order valence-electron chi connectivity index (χ0n) is 14.2. The van der Waals surface area contributed by atoms with Gasteiger partial charge in [0.1, 0.15) is 5.82 Å². The molecule has 136 valence electrons. The lowest BCUT2D eigenvalue weighted by Gasteiger charge is -2.21. The van der Waals surface area contributed by atoms with Crippen molar-refractivity contribution in [3.63, 3.8) is 0 Å². The number of amides is 1. The average Bonchev–Trinajstić information content (AvgIpc) is 2.69. The predicted molar refractivity (Wildman–Crippen MR) is 104 cm³/mol. The maximum atomic E-state index is 14.0. The lowest BCUT2D eigenvalue weighted by atomic mass is 10.1. The van der Waals surface area contributed by atoms with E-state index in [0.717, 1.165) is 0 Å². The monoisotopic (exact) mass is 382 g/mol. The number of hydrogen-bond donors (Lipinski definition) is 2. The second kappa shape index (κ2) is 8.47. The van der Waals surface area contributed by atoms with E-state index in [-0.39, 0.29) is 11.5 Å². The number of Topliss-reactive ketones (excluding diaryl/α,β-unsaturated/α-hetero) is 1. The first-order valence-corrected chi connectivity index (χ1v) is 8.59. The van der Waals surface area contributed by atoms with Crippen molar-refractivity contribution < 1.29 is 14.0 Å². The van der Waals surface area contributed by atoms with Crippen LogP contribution in [0.15, 0.2) is 78.9 Å². The third-order valence-corrected chi connectivity index (χ3v) is 4.13. The van der Waals surface area contributed by atoms with Crippen LogP contribution in [-0.2, 0) is 0 Å². The van der Waals surface area contributed by atoms with Gasteiger partial charge < -0.3 is 10.6 Å². The number of nitrogens with one attached hydrogen (secondary N) is 2. The summed E-state index contributed by atoms with van der Waals surface area (Å²) in [5, 5.41) is 5.89. The third kappa shape index (κ3) is 4.71. The number of anilines is 1. The highest BCUT2D eigenvalue weighted by atomic mass is 35.5. The zero-order valence-corrected chi connectivity index (χ0v) is 14.9. The van der Waals surface area contributed by atoms with Gasteiger partial charge in [-0.1, -0.05) is 54.1 Å². The van der Waals surface area contributed by atoms with Crippen LogP contribution in [-0.4, -0.2) is 17.9 Å². The number of carbonyl (C=O) groups excluding carboxylic acids is 2. The van der Waals surface area contributed by atoms with Gasteiger partial charge in [-0.3, -0.25) is 9.59 Å². The summed E-state index contributed by atoms with van der Waals surface area (Å²) in [5.74, 6) is -1.39. The molecule has 0 saturated heterocycles. The van der Waals surface area contributed by atoms with Gasteiger partial charge in [-0.05, 0) is 36.4 Å². The van der Waals surface area contributed by atoms with Gasteiger partial charge in [0.2, 0.25) is 5.78 Å². The van der Waals surface area contributed by atoms with E-state index in [1.54, 1.807) is 66.7 Å². The van der Waals surface area contributed by atoms with Gasteiger partial charge in [0.05, 0.1) is 5.69 Å². The smallest absolute Gasteiger partial charge is 0.253 e. The second-order valence-corrected chi connectivity index (χ2v) is 6.20. The molecule has 2 N–H and O–H groups in total. The Labute approximate surface area is 161 Å². The van der Waals surface area contributed by atoms with Crippen LogP contribution < -0.4 is 10.6 Å². The van der Waals surface area contributed by atoms with E-state index in [0.29, 0.717) is 16.1 Å². The summed E-state index contributed by atoms with van der Waals surface area (Å²) in [4.78, 5) is 25.4. The molecule has 1 amide bonds. The van der Waals surface area contributed by atoms with E-state index in [1.165, 1.54) is 12.1 Å². The summed E-state index contributed by atoms with van der Waals surface area (Å²) in [5.41, 5.74) is 0.839. The molecule has 3 aromatic carbocycles. The van der Waals surface area contributed by atoms with Crippen LogP contribution >= 0.6 is 11.6 Å². The number of ketones is 1. The van der Waals surface area contributed by atoms with Gasteiger partial charge in [-0.15, -0.1) is 0 Å². The van der Waals surface area contributed by atoms with Crippen LogP contribution in [0.1, 0.15) is 20.7 Å². The molecule has 6 heteroatoms. The number of carbonyl (C=O) groups is 2. The molecular weight excluding hydrogens is 367 g/mol. The molecule has 3 aromatic rings. The number of benzene rings is 3. The molecule has 27 heavy (non-hydrogen) atoms. The lowest BCUT2D eigenvalue weighted by molar-refractivity contribution is 0.0869. The highest BCUT2D eigenvalue weighted by Gasteiger charge is 2.23. The van der Waals surface area contributed by atoms with E-state index in [4.69, 9.17) is 11.6 Å². The summed E-state index contributed by atoms with van der Waals surface area (Å²) in [7, 11) is 0. The average molecular weight is 383 g/mol. The maximum Gasteiger partial charge on any atom is 0.253 e. The molecule has 3 rings (SSSR count). The van der Waals surface area contributed by atoms with Gasteiger partial charge in [-0.25, -0.2) is 4.39 Å². The molecule has 0 unspecified atom stereocenters. The summed E-state index contributed by atoms with van der Waals surface area (Å²) in [6.45, 7) is 0. The first-order valence-electron chi connectivity index (χ1n) is 8.21. The number of para-hydroxylation sites is 1. The Bertz CT molecular complexity index is 946. The van der Waals surface area contributed by atoms with E-state index in [1.807, 2.05) is 0 Å². The zero-order chi connectivity index (χ0) is 19.2. The topological polar surface area (TPSA) is 58.2 Å². The van der Waals surface area contributed by atoms with Crippen LogP contribution in [0.5, 0.6) is 0 Å². The van der Waals surface area contributed by atoms with Crippen molar-refractivity contribution in [1.82, 2.24) is 5.32 Å². The Morgan fingerprint density at radius 2 is 1.44 bits per heavy atom. The lowest BCUT2D eigenvalue weighted by Crippen LogP contribution is -2.46. The minimum atomic E-state index is -1.15. The van der Waals surface area contributed by atoms with Crippen LogP contribution in [0.25, 0.3) is 0 Å². The fourth-order valence-corrected chi connectivity index (χ4v) is 2.61. The molecular formula is C21H16ClFN2O2. The molecule has 0 fully saturated rings. The van der Waals surface area contributed by atoms with Crippen LogP contribution in [0.3, 0.4) is 0 Å². The van der Waals surface area contributed by atoms with Crippen molar-refractivity contribution in [2.45, 2.75) is 6.17 Å². The Balaban J connectivity index is 1.87. The Morgan fingerprint density at radius 1 is 0.815 bits per heavy atom. The van der Waals surface area contributed by atoms with Crippen LogP contribution in [0.2, 0.25) is 5.02 Å². The molecule has 0 aliphatic heterocycles. The molecule has 0 aromatic heterocycles. The molecule has 0 aliphatic rings. The Hall–Kier alpha value is -3.18. The summed E-state index contributed by atoms with van der Waals surface area (Å²) in [6.07, 6.45) is -1.15. The highest BCUT2D eigenvalue weighted by Crippen LogP contribution is 2.16. The SMILES string of the molecule is O=C(N[C@H](Nc1ccccc1F)C(=O)c1ccccc1)c1ccc(Cl)cc1. The van der Waals surface area contributed by atoms with Crippen molar-refractivity contribution in [2.24, 2.45) is 0 Å². The van der Waals surface area contributed by atoms with E-state index in [9.17, 15) is 14.0 Å². The van der Waals surface area contributed by atoms with Gasteiger partial charge in [0, 0.05) is 16.1 Å². The van der Waals surface area contributed by atoms with Gasteiger partial charge >= 0.3 is 0 Å². The quantitative estimate of drug-likeness (QED) is 0.486. The van der Waals surface area contributed by atoms with Crippen molar-refractivity contribution in [3.05, 3.63) is 101 Å². The normalized spacial score (nSPS) is 11.5. The largest absolute Gasteiger partial charge is 0.356 e. The van der Waals surface area contributed by atoms with E-state index >= 15 is 0 Å². The Kier molecular flexibility index (Phi) is 5.84. The fourth-order valence-electron chi connectivity index (χ4n) is 2.49. The minimum absolute atomic E-state index is 0.114. The van der Waals surface area contributed by atoms with Gasteiger partial charge in [0.25, 0.3) is 5.91 Å². The highest BCUT2D eigenvalue weighted by molar-refractivity contribution is 6.30. The second-order valence-electron chi connectivity index (χ2n) is 5.77. The predicted octanol–water partition coefficient (Wildman–Crippen LogP) is 4.53. The minimum Gasteiger partial charge on any atom is -0.356 e. The van der Waals surface area contributed by atoms with Crippen molar-refractivity contribution in [1.29, 1.82) is 0 Å². The van der Waals surface area contributed by atoms with Crippen molar-refractivity contribution in [3.8, 4) is 0 Å². The van der Waals surface area contributed by atoms with Gasteiger partial charge in [-0.2, -0.15) is 0 Å². The standard InChI is InChI=1S/C21H16ClFN2O2/c22-16-12-10-15(11-13-16)21(27)25-20(19(26)14-6-2-1-3-7-14)24-18-9-5-4-8-17(18)23/h1-13,20,24H,(H,25,27)/t20-/m0/s1. The number of halogens is 2. The van der Waals surface area contributed by atoms with Crippen LogP contribution in [0, 0.1) is 5.82 Å². The number of rotatable bonds is 6. The number of hydrogen-bond acceptors (Lipinski definition) is 3. The molecule has 4 nitrogen and oxygen atoms in total. The van der Waals surface area contributed by atoms with Crippen molar-refractivity contribution >= 4 is 29.0 Å². The summed E-state index contributed by atoms with van der Waals surface area (Å²) < 4.78 is 14.0. The fraction of sp³-hybridized carbons (Fsp3) is 0.0476. The summed E-state index contributed by atoms with van der Waals surface area (Å²) in [6, 6.07) is 20.7. The maximum absolute atomic E-state index is 14.0. The molecule has 0 radical (unpaired) electrons. The molecule has 0 bridgehead atoms. The van der Waals surface area contributed by atoms with Crippen molar-refractivity contribution in [2.75, 3.05) is 5.32 Å². The van der Waals surface area contributed by atoms with E-state index in [2.05, 4.69) is 10.6 Å². The molecule has 0 aliphatic carbocycles. The third-order valence-electron chi connectivity index (χ3n) is 3.88. The first-order chi connectivity index (χ1) is 13.0. The first kappa shape index (κ1) is 18.6. The Morgan fingerprint density at radius 3 is 2.11 bits per heavy atom. The van der Waals surface area contributed by atoms with Gasteiger partial charge in [0.15, 0.2) is 6.17 Å².